The molecule has 1 saturated heterocycles. The maximum absolute atomic E-state index is 12.7. The second-order valence-electron chi connectivity index (χ2n) is 7.61. The molecule has 1 aromatic carbocycles. The van der Waals surface area contributed by atoms with Crippen molar-refractivity contribution < 1.29 is 41.4 Å². The molecule has 1 saturated carbocycles. The number of hydrogen-bond donors (Lipinski definition) is 0. The Labute approximate surface area is 180 Å². The van der Waals surface area contributed by atoms with Gasteiger partial charge in [0, 0.05) is 18.5 Å². The number of carbonyl (C=O) groups is 2. The van der Waals surface area contributed by atoms with Crippen molar-refractivity contribution in [2.75, 3.05) is 20.3 Å². The summed E-state index contributed by atoms with van der Waals surface area (Å²) in [6.45, 7) is 0.248. The Hall–Kier alpha value is -2.83. The highest BCUT2D eigenvalue weighted by atomic mass is 19.4. The van der Waals surface area contributed by atoms with Crippen LogP contribution in [0.2, 0.25) is 0 Å². The van der Waals surface area contributed by atoms with Crippen LogP contribution in [0.25, 0.3) is 0 Å². The van der Waals surface area contributed by atoms with Crippen molar-refractivity contribution in [3.63, 3.8) is 0 Å². The van der Waals surface area contributed by atoms with E-state index in [1.165, 1.54) is 4.90 Å². The monoisotopic (exact) mass is 455 g/mol. The van der Waals surface area contributed by atoms with Gasteiger partial charge in [-0.05, 0) is 18.9 Å². The fraction of sp³-hybridized carbons (Fsp3) is 0.500. The van der Waals surface area contributed by atoms with Gasteiger partial charge in [-0.2, -0.15) is 0 Å². The van der Waals surface area contributed by atoms with Crippen LogP contribution < -0.4 is 0 Å². The van der Waals surface area contributed by atoms with Crippen LogP contribution in [0.1, 0.15) is 57.5 Å². The minimum Gasteiger partial charge on any atom is -0.420 e. The third-order valence-corrected chi connectivity index (χ3v) is 5.47. The standard InChI is InChI=1S/C20H20F3N3O6/c1-26(18(28)15-5-3-2-4-11(15)8-27)13-9-29-19(30-10-13)17-25-24-16(31-17)12-6-14(7-12)32-20(21,22)23/h2-5,8,12-14,19H,6-7,9-10H2,1H3. The molecule has 0 bridgehead atoms. The first-order valence-corrected chi connectivity index (χ1v) is 9.87. The number of benzene rings is 1. The molecule has 2 fully saturated rings. The predicted molar refractivity (Wildman–Crippen MR) is 99.6 cm³/mol. The lowest BCUT2D eigenvalue weighted by molar-refractivity contribution is -0.352. The number of hydrogen-bond acceptors (Lipinski definition) is 8. The summed E-state index contributed by atoms with van der Waals surface area (Å²) in [6.07, 6.45) is -5.65. The fourth-order valence-corrected chi connectivity index (χ4v) is 3.57. The van der Waals surface area contributed by atoms with E-state index in [9.17, 15) is 22.8 Å². The highest BCUT2D eigenvalue weighted by molar-refractivity contribution is 6.01. The maximum atomic E-state index is 12.7. The minimum absolute atomic E-state index is 0.0546. The Kier molecular flexibility index (Phi) is 6.26. The number of likely N-dealkylation sites (N-methyl/N-ethyl adjacent to an activating group) is 1. The molecule has 32 heavy (non-hydrogen) atoms. The van der Waals surface area contributed by atoms with Crippen LogP contribution in [0.3, 0.4) is 0 Å². The highest BCUT2D eigenvalue weighted by Gasteiger charge is 2.43. The predicted octanol–water partition coefficient (Wildman–Crippen LogP) is 2.85. The summed E-state index contributed by atoms with van der Waals surface area (Å²) in [7, 11) is 1.59. The van der Waals surface area contributed by atoms with Gasteiger partial charge < -0.3 is 18.8 Å². The van der Waals surface area contributed by atoms with Gasteiger partial charge in [0.1, 0.15) is 0 Å². The maximum Gasteiger partial charge on any atom is 0.522 e. The molecule has 0 spiro atoms. The van der Waals surface area contributed by atoms with Crippen LogP contribution in [-0.4, -0.2) is 66.1 Å². The number of carbonyl (C=O) groups excluding carboxylic acids is 2. The smallest absolute Gasteiger partial charge is 0.420 e. The molecule has 9 nitrogen and oxygen atoms in total. The quantitative estimate of drug-likeness (QED) is 0.613. The van der Waals surface area contributed by atoms with Crippen molar-refractivity contribution in [2.45, 2.75) is 43.6 Å². The van der Waals surface area contributed by atoms with E-state index in [2.05, 4.69) is 14.9 Å². The first-order chi connectivity index (χ1) is 15.2. The van der Waals surface area contributed by atoms with Gasteiger partial charge in [0.05, 0.1) is 30.9 Å². The van der Waals surface area contributed by atoms with Gasteiger partial charge in [-0.1, -0.05) is 18.2 Å². The molecule has 172 valence electrons. The van der Waals surface area contributed by atoms with Gasteiger partial charge >= 0.3 is 6.36 Å². The van der Waals surface area contributed by atoms with Gasteiger partial charge in [0.2, 0.25) is 12.2 Å². The average molecular weight is 455 g/mol. The number of aldehydes is 1. The van der Waals surface area contributed by atoms with Crippen LogP contribution in [0.15, 0.2) is 28.7 Å². The molecule has 1 aliphatic heterocycles. The number of amides is 1. The molecule has 2 aromatic rings. The SMILES string of the molecule is CN(C(=O)c1ccccc1C=O)C1COC(c2nnc(C3CC(OC(F)(F)F)C3)o2)OC1. The van der Waals surface area contributed by atoms with Gasteiger partial charge in [-0.25, -0.2) is 0 Å². The van der Waals surface area contributed by atoms with Crippen molar-refractivity contribution in [1.82, 2.24) is 15.1 Å². The molecular weight excluding hydrogens is 435 g/mol. The third kappa shape index (κ3) is 4.81. The number of aromatic nitrogens is 2. The van der Waals surface area contributed by atoms with Crippen LogP contribution in [0, 0.1) is 0 Å². The van der Waals surface area contributed by atoms with Gasteiger partial charge in [0.25, 0.3) is 11.8 Å². The number of alkyl halides is 3. The Morgan fingerprint density at radius 1 is 1.16 bits per heavy atom. The summed E-state index contributed by atoms with van der Waals surface area (Å²) in [5, 5.41) is 7.74. The van der Waals surface area contributed by atoms with E-state index in [0.29, 0.717) is 6.29 Å². The van der Waals surface area contributed by atoms with Crippen LogP contribution >= 0.6 is 0 Å². The number of rotatable bonds is 6. The molecule has 2 aliphatic rings. The molecule has 1 amide bonds. The summed E-state index contributed by atoms with van der Waals surface area (Å²) < 4.78 is 57.4. The van der Waals surface area contributed by atoms with Gasteiger partial charge in [-0.3, -0.25) is 14.3 Å². The first kappa shape index (κ1) is 22.4. The lowest BCUT2D eigenvalue weighted by Gasteiger charge is -2.34. The number of ether oxygens (including phenoxy) is 3. The lowest BCUT2D eigenvalue weighted by atomic mass is 9.82. The van der Waals surface area contributed by atoms with Crippen molar-refractivity contribution in [2.24, 2.45) is 0 Å². The molecule has 0 radical (unpaired) electrons. The summed E-state index contributed by atoms with van der Waals surface area (Å²) >= 11 is 0. The van der Waals surface area contributed by atoms with Crippen molar-refractivity contribution in [3.05, 3.63) is 47.2 Å². The zero-order valence-corrected chi connectivity index (χ0v) is 16.9. The molecule has 0 N–H and O–H groups in total. The Morgan fingerprint density at radius 2 is 1.81 bits per heavy atom. The minimum atomic E-state index is -4.67. The van der Waals surface area contributed by atoms with Crippen molar-refractivity contribution in [1.29, 1.82) is 0 Å². The second-order valence-corrected chi connectivity index (χ2v) is 7.61. The molecule has 4 rings (SSSR count). The van der Waals surface area contributed by atoms with E-state index >= 15 is 0 Å². The molecule has 1 aliphatic carbocycles. The van der Waals surface area contributed by atoms with E-state index in [1.807, 2.05) is 0 Å². The van der Waals surface area contributed by atoms with E-state index < -0.39 is 24.8 Å². The Morgan fingerprint density at radius 3 is 2.47 bits per heavy atom. The van der Waals surface area contributed by atoms with Crippen LogP contribution in [0.4, 0.5) is 13.2 Å². The molecule has 1 aromatic heterocycles. The summed E-state index contributed by atoms with van der Waals surface area (Å²) in [4.78, 5) is 25.4. The van der Waals surface area contributed by atoms with Gasteiger partial charge in [0.15, 0.2) is 6.29 Å². The molecular formula is C20H20F3N3O6. The average Bonchev–Trinajstić information content (AvgIpc) is 3.24. The van der Waals surface area contributed by atoms with Crippen molar-refractivity contribution >= 4 is 12.2 Å². The van der Waals surface area contributed by atoms with Crippen molar-refractivity contribution in [3.8, 4) is 0 Å². The third-order valence-electron chi connectivity index (χ3n) is 5.47. The van der Waals surface area contributed by atoms with Gasteiger partial charge in [-0.15, -0.1) is 23.4 Å². The fourth-order valence-electron chi connectivity index (χ4n) is 3.57. The molecule has 0 unspecified atom stereocenters. The van der Waals surface area contributed by atoms with E-state index in [-0.39, 0.29) is 60.8 Å². The van der Waals surface area contributed by atoms with Crippen LogP contribution in [-0.2, 0) is 14.2 Å². The Bertz CT molecular complexity index is 967. The highest BCUT2D eigenvalue weighted by Crippen LogP contribution is 2.41. The largest absolute Gasteiger partial charge is 0.522 e. The topological polar surface area (TPSA) is 104 Å². The lowest BCUT2D eigenvalue weighted by Crippen LogP contribution is -2.46. The molecule has 2 heterocycles. The summed E-state index contributed by atoms with van der Waals surface area (Å²) in [5.74, 6) is -0.404. The summed E-state index contributed by atoms with van der Waals surface area (Å²) in [6, 6.07) is 6.06. The summed E-state index contributed by atoms with van der Waals surface area (Å²) in [5.41, 5.74) is 0.569. The molecule has 12 heteroatoms. The van der Waals surface area contributed by atoms with E-state index in [4.69, 9.17) is 13.9 Å². The Balaban J connectivity index is 1.30. The number of nitrogens with zero attached hydrogens (tertiary/aromatic N) is 3. The number of halogens is 3. The molecule has 0 atom stereocenters. The van der Waals surface area contributed by atoms with E-state index in [1.54, 1.807) is 31.3 Å². The first-order valence-electron chi connectivity index (χ1n) is 9.87. The zero-order chi connectivity index (χ0) is 22.9. The normalized spacial score (nSPS) is 25.8. The van der Waals surface area contributed by atoms with E-state index in [0.717, 1.165) is 0 Å². The second kappa shape index (κ2) is 8.96. The van der Waals surface area contributed by atoms with Crippen LogP contribution in [0.5, 0.6) is 0 Å². The zero-order valence-electron chi connectivity index (χ0n) is 16.9.